The summed E-state index contributed by atoms with van der Waals surface area (Å²) in [6.45, 7) is 2.74. The zero-order valence-corrected chi connectivity index (χ0v) is 18.3. The Balaban J connectivity index is 1.44. The lowest BCUT2D eigenvalue weighted by Crippen LogP contribution is -2.48. The van der Waals surface area contributed by atoms with Crippen molar-refractivity contribution in [3.63, 3.8) is 0 Å². The van der Waals surface area contributed by atoms with Gasteiger partial charge in [-0.15, -0.1) is 0 Å². The molecule has 162 valence electrons. The second kappa shape index (κ2) is 6.51. The number of rotatable bonds is 4. The molecule has 4 saturated carbocycles. The molecule has 4 aliphatic carbocycles. The van der Waals surface area contributed by atoms with E-state index in [1.54, 1.807) is 19.2 Å². The average Bonchev–Trinajstić information content (AvgIpc) is 3.09. The molecule has 0 amide bonds. The Labute approximate surface area is 183 Å². The molecule has 4 heteroatoms. The van der Waals surface area contributed by atoms with Crippen LogP contribution in [0.15, 0.2) is 36.4 Å². The molecule has 1 aliphatic heterocycles. The fourth-order valence-electron chi connectivity index (χ4n) is 7.68. The van der Waals surface area contributed by atoms with Gasteiger partial charge in [-0.25, -0.2) is 4.79 Å². The van der Waals surface area contributed by atoms with Crippen LogP contribution in [0.1, 0.15) is 72.5 Å². The highest BCUT2D eigenvalue weighted by Crippen LogP contribution is 2.62. The largest absolute Gasteiger partial charge is 0.496 e. The quantitative estimate of drug-likeness (QED) is 0.706. The normalized spacial score (nSPS) is 35.0. The van der Waals surface area contributed by atoms with Crippen molar-refractivity contribution in [1.82, 2.24) is 0 Å². The first-order valence-corrected chi connectivity index (χ1v) is 11.6. The average molecular weight is 419 g/mol. The molecular formula is C27H30O4. The summed E-state index contributed by atoms with van der Waals surface area (Å²) in [5.74, 6) is 3.42. The van der Waals surface area contributed by atoms with Gasteiger partial charge in [-0.1, -0.05) is 18.2 Å². The van der Waals surface area contributed by atoms with E-state index in [0.717, 1.165) is 29.1 Å². The summed E-state index contributed by atoms with van der Waals surface area (Å²) in [4.78, 5) is 11.4. The molecule has 0 aromatic heterocycles. The molecule has 7 rings (SSSR count). The highest BCUT2D eigenvalue weighted by atomic mass is 16.5. The summed E-state index contributed by atoms with van der Waals surface area (Å²) in [6.07, 6.45) is 8.16. The molecule has 1 heterocycles. The first kappa shape index (κ1) is 19.2. The Morgan fingerprint density at radius 1 is 1.00 bits per heavy atom. The third kappa shape index (κ3) is 2.76. The fraction of sp³-hybridized carbons (Fsp3) is 0.519. The zero-order valence-electron chi connectivity index (χ0n) is 18.3. The number of methoxy groups -OCH3 is 1. The topological polar surface area (TPSA) is 55.8 Å². The second-order valence-corrected chi connectivity index (χ2v) is 10.7. The predicted molar refractivity (Wildman–Crippen MR) is 118 cm³/mol. The van der Waals surface area contributed by atoms with Gasteiger partial charge in [0.1, 0.15) is 18.1 Å². The maximum Gasteiger partial charge on any atom is 0.335 e. The molecule has 0 saturated heterocycles. The molecule has 2 aromatic carbocycles. The van der Waals surface area contributed by atoms with Gasteiger partial charge in [-0.3, -0.25) is 0 Å². The minimum Gasteiger partial charge on any atom is -0.496 e. The van der Waals surface area contributed by atoms with Gasteiger partial charge < -0.3 is 14.6 Å². The summed E-state index contributed by atoms with van der Waals surface area (Å²) in [5.41, 5.74) is 3.92. The number of fused-ring (bicyclic) bond motifs is 1. The molecule has 4 fully saturated rings. The predicted octanol–water partition coefficient (Wildman–Crippen LogP) is 5.56. The smallest absolute Gasteiger partial charge is 0.335 e. The van der Waals surface area contributed by atoms with E-state index in [9.17, 15) is 9.90 Å². The van der Waals surface area contributed by atoms with Gasteiger partial charge in [-0.2, -0.15) is 0 Å². The van der Waals surface area contributed by atoms with E-state index in [-0.39, 0.29) is 16.4 Å². The standard InChI is InChI=1S/C27H30O4/c1-26(15-31-24-10-19(25(28)29)3-5-21(24)26)20-4-6-23(30-2)22(11-20)27-12-16-7-17(13-27)9-18(8-16)14-27/h3-6,10-11,16-18H,7-9,12-15H2,1-2H3,(H,28,29). The van der Waals surface area contributed by atoms with Gasteiger partial charge in [0.05, 0.1) is 18.1 Å². The lowest BCUT2D eigenvalue weighted by atomic mass is 9.48. The van der Waals surface area contributed by atoms with Gasteiger partial charge in [0, 0.05) is 11.1 Å². The lowest BCUT2D eigenvalue weighted by molar-refractivity contribution is -0.00622. The molecule has 4 nitrogen and oxygen atoms in total. The monoisotopic (exact) mass is 418 g/mol. The van der Waals surface area contributed by atoms with Crippen LogP contribution >= 0.6 is 0 Å². The highest BCUT2D eigenvalue weighted by molar-refractivity contribution is 5.88. The number of hydrogen-bond donors (Lipinski definition) is 1. The van der Waals surface area contributed by atoms with Crippen molar-refractivity contribution in [1.29, 1.82) is 0 Å². The van der Waals surface area contributed by atoms with Crippen LogP contribution in [-0.2, 0) is 10.8 Å². The van der Waals surface area contributed by atoms with Crippen molar-refractivity contribution in [2.45, 2.75) is 56.3 Å². The fourth-order valence-corrected chi connectivity index (χ4v) is 7.68. The van der Waals surface area contributed by atoms with Gasteiger partial charge in [0.25, 0.3) is 0 Å². The Morgan fingerprint density at radius 2 is 1.68 bits per heavy atom. The Hall–Kier alpha value is -2.49. The number of hydrogen-bond acceptors (Lipinski definition) is 3. The van der Waals surface area contributed by atoms with Crippen LogP contribution in [0.2, 0.25) is 0 Å². The van der Waals surface area contributed by atoms with Gasteiger partial charge in [0.15, 0.2) is 0 Å². The summed E-state index contributed by atoms with van der Waals surface area (Å²) in [5, 5.41) is 9.34. The Kier molecular flexibility index (Phi) is 4.03. The number of carboxylic acids is 1. The summed E-state index contributed by atoms with van der Waals surface area (Å²) < 4.78 is 11.9. The molecule has 4 bridgehead atoms. The molecular weight excluding hydrogens is 388 g/mol. The Bertz CT molecular complexity index is 1040. The molecule has 1 unspecified atom stereocenters. The van der Waals surface area contributed by atoms with E-state index in [4.69, 9.17) is 9.47 Å². The maximum absolute atomic E-state index is 11.4. The first-order valence-electron chi connectivity index (χ1n) is 11.6. The van der Waals surface area contributed by atoms with Crippen LogP contribution in [0.3, 0.4) is 0 Å². The zero-order chi connectivity index (χ0) is 21.4. The first-order chi connectivity index (χ1) is 14.9. The third-order valence-electron chi connectivity index (χ3n) is 8.79. The number of carboxylic acid groups (broad SMARTS) is 1. The molecule has 31 heavy (non-hydrogen) atoms. The SMILES string of the molecule is COc1ccc(C2(C)COc3cc(C(=O)O)ccc32)cc1C12CC3CC(CC(C3)C1)C2. The minimum absolute atomic E-state index is 0.252. The molecule has 0 radical (unpaired) electrons. The van der Waals surface area contributed by atoms with Crippen LogP contribution in [0.4, 0.5) is 0 Å². The van der Waals surface area contributed by atoms with Crippen molar-refractivity contribution in [2.75, 3.05) is 13.7 Å². The van der Waals surface area contributed by atoms with Crippen LogP contribution < -0.4 is 9.47 Å². The van der Waals surface area contributed by atoms with Gasteiger partial charge >= 0.3 is 5.97 Å². The third-order valence-corrected chi connectivity index (χ3v) is 8.79. The van der Waals surface area contributed by atoms with E-state index in [1.807, 2.05) is 6.07 Å². The molecule has 1 N–H and O–H groups in total. The van der Waals surface area contributed by atoms with Crippen LogP contribution in [0.5, 0.6) is 11.5 Å². The van der Waals surface area contributed by atoms with Crippen molar-refractivity contribution in [3.05, 3.63) is 58.7 Å². The summed E-state index contributed by atoms with van der Waals surface area (Å²) in [7, 11) is 1.79. The van der Waals surface area contributed by atoms with E-state index in [1.165, 1.54) is 49.7 Å². The molecule has 2 aromatic rings. The van der Waals surface area contributed by atoms with E-state index < -0.39 is 5.97 Å². The summed E-state index contributed by atoms with van der Waals surface area (Å²) in [6, 6.07) is 12.0. The second-order valence-electron chi connectivity index (χ2n) is 10.7. The van der Waals surface area contributed by atoms with Crippen molar-refractivity contribution in [2.24, 2.45) is 17.8 Å². The molecule has 0 spiro atoms. The van der Waals surface area contributed by atoms with Crippen molar-refractivity contribution >= 4 is 5.97 Å². The lowest BCUT2D eigenvalue weighted by Gasteiger charge is -2.57. The van der Waals surface area contributed by atoms with Crippen molar-refractivity contribution in [3.8, 4) is 11.5 Å². The van der Waals surface area contributed by atoms with Gasteiger partial charge in [0.2, 0.25) is 0 Å². The number of carbonyl (C=O) groups is 1. The van der Waals surface area contributed by atoms with E-state index >= 15 is 0 Å². The molecule has 5 aliphatic rings. The summed E-state index contributed by atoms with van der Waals surface area (Å²) >= 11 is 0. The van der Waals surface area contributed by atoms with Crippen LogP contribution in [0.25, 0.3) is 0 Å². The van der Waals surface area contributed by atoms with Crippen LogP contribution in [0, 0.1) is 17.8 Å². The maximum atomic E-state index is 11.4. The number of aromatic carboxylic acids is 1. The molecule has 1 atom stereocenters. The van der Waals surface area contributed by atoms with E-state index in [0.29, 0.717) is 12.4 Å². The van der Waals surface area contributed by atoms with E-state index in [2.05, 4.69) is 25.1 Å². The number of benzene rings is 2. The van der Waals surface area contributed by atoms with Gasteiger partial charge in [-0.05, 0) is 92.4 Å². The van der Waals surface area contributed by atoms with Crippen molar-refractivity contribution < 1.29 is 19.4 Å². The van der Waals surface area contributed by atoms with Crippen LogP contribution in [-0.4, -0.2) is 24.8 Å². The number of ether oxygens (including phenoxy) is 2. The highest BCUT2D eigenvalue weighted by Gasteiger charge is 2.53. The minimum atomic E-state index is -0.923. The Morgan fingerprint density at radius 3 is 2.29 bits per heavy atom.